The van der Waals surface area contributed by atoms with Gasteiger partial charge >= 0.3 is 0 Å². The Morgan fingerprint density at radius 2 is 1.69 bits per heavy atom. The van der Waals surface area contributed by atoms with Crippen molar-refractivity contribution in [3.05, 3.63) is 93.5 Å². The van der Waals surface area contributed by atoms with Gasteiger partial charge in [-0.3, -0.25) is 24.1 Å². The van der Waals surface area contributed by atoms with Gasteiger partial charge in [-0.1, -0.05) is 71.7 Å². The van der Waals surface area contributed by atoms with E-state index in [1.807, 2.05) is 18.2 Å². The normalized spacial score (nSPS) is 15.0. The molecule has 3 aromatic carbocycles. The highest BCUT2D eigenvalue weighted by Gasteiger charge is 2.34. The van der Waals surface area contributed by atoms with Gasteiger partial charge in [-0.05, 0) is 25.1 Å². The smallest absolute Gasteiger partial charge is 0.272 e. The summed E-state index contributed by atoms with van der Waals surface area (Å²) in [5, 5.41) is 5.29. The van der Waals surface area contributed by atoms with Gasteiger partial charge in [0.2, 0.25) is 12.1 Å². The zero-order valence-corrected chi connectivity index (χ0v) is 24.1. The van der Waals surface area contributed by atoms with Gasteiger partial charge < -0.3 is 20.2 Å². The Balaban J connectivity index is 1.75. The van der Waals surface area contributed by atoms with Gasteiger partial charge in [0.1, 0.15) is 18.6 Å². The minimum Gasteiger partial charge on any atom is -0.494 e. The molecule has 1 heterocycles. The maximum atomic E-state index is 14.0. The maximum Gasteiger partial charge on any atom is 0.272 e. The molecular weight excluding hydrogens is 583 g/mol. The summed E-state index contributed by atoms with van der Waals surface area (Å²) in [5.74, 6) is -2.19. The summed E-state index contributed by atoms with van der Waals surface area (Å²) < 4.78 is 5.14. The second-order valence-electron chi connectivity index (χ2n) is 9.35. The van der Waals surface area contributed by atoms with Crippen molar-refractivity contribution in [3.63, 3.8) is 0 Å². The summed E-state index contributed by atoms with van der Waals surface area (Å²) >= 11 is 12.4. The molecule has 216 valence electrons. The highest BCUT2D eigenvalue weighted by molar-refractivity contribution is 6.37. The van der Waals surface area contributed by atoms with Crippen LogP contribution >= 0.6 is 23.2 Å². The third-order valence-electron chi connectivity index (χ3n) is 6.31. The molecule has 0 fully saturated rings. The van der Waals surface area contributed by atoms with Crippen molar-refractivity contribution in [2.75, 3.05) is 18.6 Å². The van der Waals surface area contributed by atoms with Crippen LogP contribution in [0, 0.1) is 0 Å². The van der Waals surface area contributed by atoms with Crippen LogP contribution in [0.4, 0.5) is 5.69 Å². The standard InChI is InChI=1S/C30H26Cl2N4O6/c1-17(38)12-20(16-37)33-25(39)15-36-24-11-7-6-10-21(24)26(18-8-4-3-5-9-18)34-28(30(36)41)35-29(40)19-13-22(31)27(42-2)23(32)14-19/h3-11,13-14,16,20,28H,12,15H2,1-2H3,(H,33,39)(H,35,40)/t20-,28?/m0/s1. The molecule has 12 heteroatoms. The fourth-order valence-electron chi connectivity index (χ4n) is 4.44. The lowest BCUT2D eigenvalue weighted by Crippen LogP contribution is -2.51. The Morgan fingerprint density at radius 3 is 2.31 bits per heavy atom. The number of ketones is 1. The van der Waals surface area contributed by atoms with Crippen LogP contribution in [-0.4, -0.2) is 61.4 Å². The number of benzene rings is 3. The van der Waals surface area contributed by atoms with Crippen LogP contribution in [0.2, 0.25) is 10.0 Å². The van der Waals surface area contributed by atoms with E-state index in [0.29, 0.717) is 28.8 Å². The van der Waals surface area contributed by atoms with Gasteiger partial charge in [0.05, 0.1) is 34.6 Å². The van der Waals surface area contributed by atoms with E-state index in [2.05, 4.69) is 15.6 Å². The number of rotatable bonds is 10. The molecule has 1 aliphatic heterocycles. The van der Waals surface area contributed by atoms with Gasteiger partial charge in [-0.2, -0.15) is 0 Å². The van der Waals surface area contributed by atoms with Crippen molar-refractivity contribution in [1.82, 2.24) is 10.6 Å². The quantitative estimate of drug-likeness (QED) is 0.338. The Kier molecular flexibility index (Phi) is 9.72. The average Bonchev–Trinajstić information content (AvgIpc) is 3.07. The topological polar surface area (TPSA) is 134 Å². The van der Waals surface area contributed by atoms with Gasteiger partial charge in [0, 0.05) is 23.1 Å². The van der Waals surface area contributed by atoms with E-state index in [4.69, 9.17) is 27.9 Å². The summed E-state index contributed by atoms with van der Waals surface area (Å²) in [5.41, 5.74) is 2.02. The first-order valence-corrected chi connectivity index (χ1v) is 13.5. The van der Waals surface area contributed by atoms with Crippen LogP contribution in [0.15, 0.2) is 71.7 Å². The molecule has 0 aliphatic carbocycles. The number of anilines is 1. The summed E-state index contributed by atoms with van der Waals surface area (Å²) in [6, 6.07) is 17.6. The van der Waals surface area contributed by atoms with E-state index in [1.54, 1.807) is 36.4 Å². The Hall–Kier alpha value is -4.54. The van der Waals surface area contributed by atoms with Crippen LogP contribution in [0.5, 0.6) is 5.75 Å². The number of carbonyl (C=O) groups is 5. The number of carbonyl (C=O) groups excluding carboxylic acids is 5. The lowest BCUT2D eigenvalue weighted by molar-refractivity contribution is -0.126. The van der Waals surface area contributed by atoms with E-state index in [9.17, 15) is 24.0 Å². The van der Waals surface area contributed by atoms with Crippen molar-refractivity contribution in [1.29, 1.82) is 0 Å². The maximum absolute atomic E-state index is 14.0. The van der Waals surface area contributed by atoms with Gasteiger partial charge in [-0.25, -0.2) is 4.99 Å². The monoisotopic (exact) mass is 608 g/mol. The number of hydrogen-bond acceptors (Lipinski definition) is 7. The number of benzodiazepines with no additional fused rings is 1. The molecular formula is C30H26Cl2N4O6. The van der Waals surface area contributed by atoms with E-state index < -0.39 is 36.5 Å². The number of amides is 3. The van der Waals surface area contributed by atoms with Crippen molar-refractivity contribution < 1.29 is 28.7 Å². The third kappa shape index (κ3) is 6.84. The summed E-state index contributed by atoms with van der Waals surface area (Å²) in [4.78, 5) is 69.1. The van der Waals surface area contributed by atoms with Gasteiger partial charge in [0.25, 0.3) is 11.8 Å². The molecule has 2 atom stereocenters. The summed E-state index contributed by atoms with van der Waals surface area (Å²) in [6.45, 7) is 0.790. The van der Waals surface area contributed by atoms with Crippen LogP contribution in [-0.2, 0) is 19.2 Å². The zero-order chi connectivity index (χ0) is 30.4. The van der Waals surface area contributed by atoms with E-state index in [-0.39, 0.29) is 33.6 Å². The average molecular weight is 609 g/mol. The van der Waals surface area contributed by atoms with E-state index in [1.165, 1.54) is 31.1 Å². The molecule has 4 rings (SSSR count). The number of halogens is 2. The number of methoxy groups -OCH3 is 1. The zero-order valence-electron chi connectivity index (χ0n) is 22.6. The molecule has 0 saturated carbocycles. The Morgan fingerprint density at radius 1 is 1.05 bits per heavy atom. The predicted molar refractivity (Wildman–Crippen MR) is 158 cm³/mol. The van der Waals surface area contributed by atoms with Gasteiger partial charge in [0.15, 0.2) is 5.75 Å². The molecule has 42 heavy (non-hydrogen) atoms. The molecule has 1 aliphatic rings. The van der Waals surface area contributed by atoms with Crippen LogP contribution < -0.4 is 20.3 Å². The second kappa shape index (κ2) is 13.4. The van der Waals surface area contributed by atoms with Gasteiger partial charge in [-0.15, -0.1) is 0 Å². The first-order valence-electron chi connectivity index (χ1n) is 12.7. The minimum atomic E-state index is -1.47. The van der Waals surface area contributed by atoms with Crippen molar-refractivity contribution >= 4 is 64.4 Å². The lowest BCUT2D eigenvalue weighted by Gasteiger charge is -2.25. The number of Topliss-reactive ketones (excluding diaryl/α,β-unsaturated/α-hetero) is 1. The molecule has 0 bridgehead atoms. The number of hydrogen-bond donors (Lipinski definition) is 2. The number of aliphatic imine (C=N–C) groups is 1. The molecule has 1 unspecified atom stereocenters. The molecule has 2 N–H and O–H groups in total. The first-order chi connectivity index (χ1) is 20.1. The predicted octanol–water partition coefficient (Wildman–Crippen LogP) is 3.60. The van der Waals surface area contributed by atoms with Crippen molar-refractivity contribution in [2.24, 2.45) is 4.99 Å². The number of ether oxygens (including phenoxy) is 1. The fourth-order valence-corrected chi connectivity index (χ4v) is 5.09. The largest absolute Gasteiger partial charge is 0.494 e. The van der Waals surface area contributed by atoms with E-state index >= 15 is 0 Å². The van der Waals surface area contributed by atoms with Crippen molar-refractivity contribution in [3.8, 4) is 5.75 Å². The van der Waals surface area contributed by atoms with Crippen LogP contribution in [0.1, 0.15) is 34.8 Å². The number of nitrogens with zero attached hydrogens (tertiary/aromatic N) is 2. The van der Waals surface area contributed by atoms with Crippen molar-refractivity contribution in [2.45, 2.75) is 25.6 Å². The molecule has 0 aromatic heterocycles. The molecule has 10 nitrogen and oxygen atoms in total. The molecule has 0 saturated heterocycles. The minimum absolute atomic E-state index is 0.0548. The molecule has 0 radical (unpaired) electrons. The Labute approximate surface area is 251 Å². The number of para-hydroxylation sites is 1. The first kappa shape index (κ1) is 30.4. The SMILES string of the molecule is COc1c(Cl)cc(C(=O)NC2N=C(c3ccccc3)c3ccccc3N(CC(=O)N[C@H](C=O)CC(C)=O)C2=O)cc1Cl. The number of fused-ring (bicyclic) bond motifs is 1. The third-order valence-corrected chi connectivity index (χ3v) is 6.87. The van der Waals surface area contributed by atoms with Crippen LogP contribution in [0.3, 0.4) is 0 Å². The highest BCUT2D eigenvalue weighted by atomic mass is 35.5. The Bertz CT molecular complexity index is 1550. The summed E-state index contributed by atoms with van der Waals surface area (Å²) in [7, 11) is 1.39. The number of nitrogens with one attached hydrogen (secondary N) is 2. The lowest BCUT2D eigenvalue weighted by atomic mass is 10.0. The van der Waals surface area contributed by atoms with Crippen LogP contribution in [0.25, 0.3) is 0 Å². The number of aldehydes is 1. The second-order valence-corrected chi connectivity index (χ2v) is 10.2. The van der Waals surface area contributed by atoms with E-state index in [0.717, 1.165) is 0 Å². The molecule has 3 amide bonds. The highest BCUT2D eigenvalue weighted by Crippen LogP contribution is 2.34. The molecule has 3 aromatic rings. The fraction of sp³-hybridized carbons (Fsp3) is 0.200. The molecule has 0 spiro atoms. The summed E-state index contributed by atoms with van der Waals surface area (Å²) in [6.07, 6.45) is -1.19.